The minimum Gasteiger partial charge on any atom is -0.497 e. The standard InChI is InChI=1S/C16H22N2O/c1-19-13-4-5-14-12(11-13)6-10-18-15(14)7-9-17-8-2-3-16(17)18/h4-5,11,15-16H,2-3,6-10H2,1H3/t15-,16+/m1/s1. The molecule has 0 saturated carbocycles. The first-order chi connectivity index (χ1) is 9.36. The van der Waals surface area contributed by atoms with E-state index in [-0.39, 0.29) is 0 Å². The van der Waals surface area contributed by atoms with E-state index in [1.54, 1.807) is 12.7 Å². The van der Waals surface area contributed by atoms with Crippen LogP contribution in [0.25, 0.3) is 0 Å². The quantitative estimate of drug-likeness (QED) is 0.769. The number of fused-ring (bicyclic) bond motifs is 5. The Balaban J connectivity index is 1.68. The van der Waals surface area contributed by atoms with E-state index in [4.69, 9.17) is 4.74 Å². The second kappa shape index (κ2) is 4.50. The van der Waals surface area contributed by atoms with Crippen LogP contribution in [-0.2, 0) is 6.42 Å². The molecular formula is C16H22N2O. The Kier molecular flexibility index (Phi) is 2.78. The molecule has 3 aliphatic heterocycles. The van der Waals surface area contributed by atoms with Crippen LogP contribution in [0.15, 0.2) is 18.2 Å². The van der Waals surface area contributed by atoms with Crippen molar-refractivity contribution in [1.29, 1.82) is 0 Å². The molecule has 0 aromatic heterocycles. The topological polar surface area (TPSA) is 15.7 Å². The number of benzene rings is 1. The van der Waals surface area contributed by atoms with Crippen molar-refractivity contribution in [3.05, 3.63) is 29.3 Å². The second-order valence-corrected chi connectivity index (χ2v) is 6.02. The highest BCUT2D eigenvalue weighted by molar-refractivity contribution is 5.39. The maximum absolute atomic E-state index is 5.36. The van der Waals surface area contributed by atoms with Crippen LogP contribution in [0, 0.1) is 0 Å². The molecule has 19 heavy (non-hydrogen) atoms. The van der Waals surface area contributed by atoms with E-state index in [1.807, 2.05) is 0 Å². The zero-order valence-electron chi connectivity index (χ0n) is 11.6. The average Bonchev–Trinajstić information content (AvgIpc) is 2.94. The zero-order chi connectivity index (χ0) is 12.8. The first-order valence-corrected chi connectivity index (χ1v) is 7.53. The van der Waals surface area contributed by atoms with Crippen molar-refractivity contribution in [1.82, 2.24) is 9.80 Å². The van der Waals surface area contributed by atoms with Crippen LogP contribution in [0.3, 0.4) is 0 Å². The van der Waals surface area contributed by atoms with Gasteiger partial charge in [-0.3, -0.25) is 9.80 Å². The molecule has 2 fully saturated rings. The lowest BCUT2D eigenvalue weighted by atomic mass is 9.88. The summed E-state index contributed by atoms with van der Waals surface area (Å²) in [5.41, 5.74) is 3.06. The molecule has 3 heterocycles. The van der Waals surface area contributed by atoms with Gasteiger partial charge in [-0.05, 0) is 55.5 Å². The van der Waals surface area contributed by atoms with Gasteiger partial charge in [-0.25, -0.2) is 0 Å². The van der Waals surface area contributed by atoms with Gasteiger partial charge >= 0.3 is 0 Å². The molecule has 2 saturated heterocycles. The van der Waals surface area contributed by atoms with Gasteiger partial charge in [0.2, 0.25) is 0 Å². The molecule has 0 N–H and O–H groups in total. The summed E-state index contributed by atoms with van der Waals surface area (Å²) in [4.78, 5) is 5.44. The van der Waals surface area contributed by atoms with Gasteiger partial charge in [-0.1, -0.05) is 6.07 Å². The van der Waals surface area contributed by atoms with E-state index in [9.17, 15) is 0 Å². The third-order valence-electron chi connectivity index (χ3n) is 5.15. The van der Waals surface area contributed by atoms with E-state index in [2.05, 4.69) is 28.0 Å². The van der Waals surface area contributed by atoms with Crippen LogP contribution in [0.2, 0.25) is 0 Å². The number of rotatable bonds is 1. The van der Waals surface area contributed by atoms with E-state index >= 15 is 0 Å². The number of ether oxygens (including phenoxy) is 1. The third kappa shape index (κ3) is 1.79. The molecule has 1 aromatic rings. The number of hydrogen-bond donors (Lipinski definition) is 0. The van der Waals surface area contributed by atoms with E-state index in [0.717, 1.165) is 5.75 Å². The minimum atomic E-state index is 0.647. The summed E-state index contributed by atoms with van der Waals surface area (Å²) in [6.07, 6.45) is 5.92. The zero-order valence-corrected chi connectivity index (χ0v) is 11.6. The Hall–Kier alpha value is -1.06. The molecule has 0 radical (unpaired) electrons. The van der Waals surface area contributed by atoms with Crippen LogP contribution >= 0.6 is 0 Å². The fraction of sp³-hybridized carbons (Fsp3) is 0.625. The molecule has 1 aromatic carbocycles. The maximum Gasteiger partial charge on any atom is 0.119 e. The van der Waals surface area contributed by atoms with E-state index in [0.29, 0.717) is 12.2 Å². The van der Waals surface area contributed by atoms with Gasteiger partial charge in [0.25, 0.3) is 0 Å². The van der Waals surface area contributed by atoms with Crippen molar-refractivity contribution in [2.24, 2.45) is 0 Å². The Morgan fingerprint density at radius 1 is 1.16 bits per heavy atom. The fourth-order valence-corrected chi connectivity index (χ4v) is 4.25. The van der Waals surface area contributed by atoms with Crippen molar-refractivity contribution in [2.45, 2.75) is 37.9 Å². The van der Waals surface area contributed by atoms with Gasteiger partial charge in [-0.15, -0.1) is 0 Å². The maximum atomic E-state index is 5.36. The smallest absolute Gasteiger partial charge is 0.119 e. The lowest BCUT2D eigenvalue weighted by Crippen LogP contribution is -2.53. The van der Waals surface area contributed by atoms with Crippen LogP contribution in [-0.4, -0.2) is 42.7 Å². The van der Waals surface area contributed by atoms with Crippen molar-refractivity contribution < 1.29 is 4.74 Å². The van der Waals surface area contributed by atoms with Gasteiger partial charge < -0.3 is 4.74 Å². The molecule has 0 amide bonds. The first-order valence-electron chi connectivity index (χ1n) is 7.53. The van der Waals surface area contributed by atoms with Gasteiger partial charge in [0.1, 0.15) is 5.75 Å². The molecule has 0 bridgehead atoms. The summed E-state index contributed by atoms with van der Waals surface area (Å²) in [6, 6.07) is 7.32. The van der Waals surface area contributed by atoms with E-state index < -0.39 is 0 Å². The minimum absolute atomic E-state index is 0.647. The molecule has 0 unspecified atom stereocenters. The Bertz CT molecular complexity index is 488. The number of methoxy groups -OCH3 is 1. The summed E-state index contributed by atoms with van der Waals surface area (Å²) in [6.45, 7) is 3.80. The summed E-state index contributed by atoms with van der Waals surface area (Å²) < 4.78 is 5.36. The molecule has 4 rings (SSSR count). The monoisotopic (exact) mass is 258 g/mol. The Morgan fingerprint density at radius 3 is 3.00 bits per heavy atom. The van der Waals surface area contributed by atoms with Gasteiger partial charge in [0.05, 0.1) is 13.3 Å². The second-order valence-electron chi connectivity index (χ2n) is 6.02. The summed E-state index contributed by atoms with van der Waals surface area (Å²) >= 11 is 0. The highest BCUT2D eigenvalue weighted by Crippen LogP contribution is 2.41. The van der Waals surface area contributed by atoms with Gasteiger partial charge in [-0.2, -0.15) is 0 Å². The van der Waals surface area contributed by atoms with Crippen LogP contribution in [0.4, 0.5) is 0 Å². The molecule has 3 heteroatoms. The normalized spacial score (nSPS) is 30.6. The highest BCUT2D eigenvalue weighted by atomic mass is 16.5. The van der Waals surface area contributed by atoms with E-state index in [1.165, 1.54) is 50.9 Å². The third-order valence-corrected chi connectivity index (χ3v) is 5.15. The van der Waals surface area contributed by atoms with Crippen LogP contribution in [0.5, 0.6) is 5.75 Å². The lowest BCUT2D eigenvalue weighted by molar-refractivity contribution is -0.0150. The molecule has 0 aliphatic carbocycles. The lowest BCUT2D eigenvalue weighted by Gasteiger charge is -2.48. The molecular weight excluding hydrogens is 236 g/mol. The van der Waals surface area contributed by atoms with Crippen molar-refractivity contribution in [2.75, 3.05) is 26.7 Å². The predicted molar refractivity (Wildman–Crippen MR) is 75.4 cm³/mol. The predicted octanol–water partition coefficient (Wildman–Crippen LogP) is 2.42. The van der Waals surface area contributed by atoms with Gasteiger partial charge in [0, 0.05) is 19.1 Å². The molecule has 3 aliphatic rings. The molecule has 2 atom stereocenters. The SMILES string of the molecule is COc1ccc2c(c1)CCN1[C@@H]2CCN2CCC[C@@H]21. The van der Waals surface area contributed by atoms with Crippen LogP contribution in [0.1, 0.15) is 36.4 Å². The summed E-state index contributed by atoms with van der Waals surface area (Å²) in [5, 5.41) is 0. The average molecular weight is 258 g/mol. The summed E-state index contributed by atoms with van der Waals surface area (Å²) in [5.74, 6) is 1.01. The summed E-state index contributed by atoms with van der Waals surface area (Å²) in [7, 11) is 1.76. The largest absolute Gasteiger partial charge is 0.497 e. The molecule has 102 valence electrons. The van der Waals surface area contributed by atoms with Crippen LogP contribution < -0.4 is 4.74 Å². The van der Waals surface area contributed by atoms with Crippen molar-refractivity contribution >= 4 is 0 Å². The van der Waals surface area contributed by atoms with Crippen molar-refractivity contribution in [3.63, 3.8) is 0 Å². The molecule has 3 nitrogen and oxygen atoms in total. The Morgan fingerprint density at radius 2 is 2.11 bits per heavy atom. The molecule has 0 spiro atoms. The Labute approximate surface area is 115 Å². The van der Waals surface area contributed by atoms with Gasteiger partial charge in [0.15, 0.2) is 0 Å². The number of hydrogen-bond acceptors (Lipinski definition) is 3. The van der Waals surface area contributed by atoms with Crippen molar-refractivity contribution in [3.8, 4) is 5.75 Å². The fourth-order valence-electron chi connectivity index (χ4n) is 4.25. The highest BCUT2D eigenvalue weighted by Gasteiger charge is 2.40. The number of nitrogens with zero attached hydrogens (tertiary/aromatic N) is 2. The first kappa shape index (κ1) is 11.7.